The lowest BCUT2D eigenvalue weighted by atomic mass is 9.87. The number of rotatable bonds is 5. The van der Waals surface area contributed by atoms with Crippen molar-refractivity contribution in [3.05, 3.63) is 35.4 Å². The molecule has 0 aliphatic carbocycles. The maximum Gasteiger partial charge on any atom is 0.421 e. The fourth-order valence-electron chi connectivity index (χ4n) is 1.79. The fourth-order valence-corrected chi connectivity index (χ4v) is 2.26. The lowest BCUT2D eigenvalue weighted by molar-refractivity contribution is -0.268. The van der Waals surface area contributed by atoms with E-state index in [1.54, 1.807) is 12.1 Å². The van der Waals surface area contributed by atoms with Crippen molar-refractivity contribution in [1.29, 1.82) is 0 Å². The van der Waals surface area contributed by atoms with Crippen molar-refractivity contribution in [3.8, 4) is 0 Å². The smallest absolute Gasteiger partial charge is 0.421 e. The van der Waals surface area contributed by atoms with Gasteiger partial charge >= 0.3 is 11.4 Å². The third-order valence-corrected chi connectivity index (χ3v) is 4.05. The third-order valence-electron chi connectivity index (χ3n) is 3.17. The van der Waals surface area contributed by atoms with Gasteiger partial charge in [0, 0.05) is 0 Å². The molecular weight excluding hydrogens is 359 g/mol. The van der Waals surface area contributed by atoms with E-state index in [0.29, 0.717) is 0 Å². The highest BCUT2D eigenvalue weighted by Gasteiger charge is 2.61. The fraction of sp³-hybridized carbons (Fsp3) is 0.571. The number of ether oxygens (including phenoxy) is 1. The van der Waals surface area contributed by atoms with Crippen molar-refractivity contribution < 1.29 is 39.7 Å². The summed E-state index contributed by atoms with van der Waals surface area (Å²) < 4.78 is 99.8. The topological polar surface area (TPSA) is 66.4 Å². The molecular formula is C14H16F5O4S-. The van der Waals surface area contributed by atoms with E-state index in [2.05, 4.69) is 4.74 Å². The van der Waals surface area contributed by atoms with Gasteiger partial charge in [0.15, 0.2) is 10.1 Å². The van der Waals surface area contributed by atoms with E-state index < -0.39 is 34.3 Å². The number of hydrogen-bond donors (Lipinski definition) is 0. The summed E-state index contributed by atoms with van der Waals surface area (Å²) in [4.78, 5) is 0. The van der Waals surface area contributed by atoms with Crippen LogP contribution in [0.3, 0.4) is 0 Å². The maximum absolute atomic E-state index is 13.3. The highest BCUT2D eigenvalue weighted by Crippen LogP contribution is 2.38. The molecule has 0 saturated heterocycles. The molecule has 0 N–H and O–H groups in total. The monoisotopic (exact) mass is 375 g/mol. The van der Waals surface area contributed by atoms with Crippen molar-refractivity contribution in [2.24, 2.45) is 0 Å². The van der Waals surface area contributed by atoms with Crippen molar-refractivity contribution in [3.63, 3.8) is 0 Å². The van der Waals surface area contributed by atoms with Crippen LogP contribution in [0, 0.1) is 0 Å². The maximum atomic E-state index is 13.3. The van der Waals surface area contributed by atoms with E-state index in [9.17, 15) is 34.9 Å². The van der Waals surface area contributed by atoms with Crippen molar-refractivity contribution in [2.45, 2.75) is 50.3 Å². The van der Waals surface area contributed by atoms with E-state index in [0.717, 1.165) is 5.56 Å². The molecule has 0 bridgehead atoms. The zero-order chi connectivity index (χ0) is 19.0. The first kappa shape index (κ1) is 20.8. The Balaban J connectivity index is 2.99. The molecule has 0 radical (unpaired) electrons. The predicted octanol–water partition coefficient (Wildman–Crippen LogP) is 3.57. The normalized spacial score (nSPS) is 15.4. The Kier molecular flexibility index (Phi) is 5.69. The second-order valence-corrected chi connectivity index (χ2v) is 7.65. The molecule has 4 nitrogen and oxygen atoms in total. The average molecular weight is 375 g/mol. The first-order valence-corrected chi connectivity index (χ1v) is 8.08. The van der Waals surface area contributed by atoms with Crippen LogP contribution in [-0.4, -0.2) is 30.5 Å². The Bertz CT molecular complexity index is 660. The van der Waals surface area contributed by atoms with Gasteiger partial charge in [-0.15, -0.1) is 0 Å². The number of hydrogen-bond acceptors (Lipinski definition) is 4. The van der Waals surface area contributed by atoms with Gasteiger partial charge in [0.1, 0.15) is 0 Å². The molecule has 0 fully saturated rings. The van der Waals surface area contributed by atoms with Gasteiger partial charge in [-0.2, -0.15) is 22.0 Å². The second-order valence-electron chi connectivity index (χ2n) is 6.20. The van der Waals surface area contributed by atoms with Crippen molar-refractivity contribution in [2.75, 3.05) is 0 Å². The lowest BCUT2D eigenvalue weighted by Gasteiger charge is -2.30. The van der Waals surface area contributed by atoms with Gasteiger partial charge < -0.3 is 9.29 Å². The molecule has 0 saturated carbocycles. The van der Waals surface area contributed by atoms with Crippen LogP contribution in [0.5, 0.6) is 0 Å². The zero-order valence-corrected chi connectivity index (χ0v) is 13.8. The molecule has 0 amide bonds. The summed E-state index contributed by atoms with van der Waals surface area (Å²) in [6, 6.07) is 5.92. The molecule has 0 heterocycles. The summed E-state index contributed by atoms with van der Waals surface area (Å²) >= 11 is 0. The second kappa shape index (κ2) is 6.57. The number of benzene rings is 1. The quantitative estimate of drug-likeness (QED) is 0.583. The summed E-state index contributed by atoms with van der Waals surface area (Å²) in [6.45, 7) is 4.77. The first-order valence-electron chi connectivity index (χ1n) is 6.68. The van der Waals surface area contributed by atoms with Crippen LogP contribution in [0.1, 0.15) is 31.9 Å². The molecule has 1 unspecified atom stereocenters. The van der Waals surface area contributed by atoms with Crippen LogP contribution in [-0.2, 0) is 26.9 Å². The summed E-state index contributed by atoms with van der Waals surface area (Å²) in [5.41, 5.74) is 0.750. The van der Waals surface area contributed by atoms with Crippen molar-refractivity contribution in [1.82, 2.24) is 0 Å². The molecule has 1 aromatic rings. The molecule has 0 spiro atoms. The summed E-state index contributed by atoms with van der Waals surface area (Å²) in [5, 5.41) is -5.63. The van der Waals surface area contributed by atoms with Crippen LogP contribution in [0.25, 0.3) is 0 Å². The minimum absolute atomic E-state index is 0.122. The molecule has 1 rings (SSSR count). The standard InChI is InChI=1S/C14H17F5O4S/c1-12(2,3)10-6-4-9(5-7-10)8-23-11(13(15,16)17)14(18,19)24(20,21)22/h4-7,11H,8H2,1-3H3,(H,20,21,22)/p-1. The van der Waals surface area contributed by atoms with E-state index in [-0.39, 0.29) is 11.0 Å². The van der Waals surface area contributed by atoms with E-state index in [4.69, 9.17) is 0 Å². The molecule has 0 aliphatic rings. The average Bonchev–Trinajstić information content (AvgIpc) is 2.35. The van der Waals surface area contributed by atoms with E-state index in [1.807, 2.05) is 20.8 Å². The molecule has 24 heavy (non-hydrogen) atoms. The van der Waals surface area contributed by atoms with E-state index >= 15 is 0 Å². The largest absolute Gasteiger partial charge is 0.743 e. The third kappa shape index (κ3) is 4.87. The van der Waals surface area contributed by atoms with Gasteiger partial charge in [0.05, 0.1) is 6.61 Å². The molecule has 10 heteroatoms. The van der Waals surface area contributed by atoms with Gasteiger partial charge in [0.2, 0.25) is 6.10 Å². The zero-order valence-electron chi connectivity index (χ0n) is 13.0. The molecule has 0 aliphatic heterocycles. The molecule has 138 valence electrons. The van der Waals surface area contributed by atoms with Crippen molar-refractivity contribution >= 4 is 10.1 Å². The number of alkyl halides is 5. The summed E-state index contributed by atoms with van der Waals surface area (Å²) in [5.74, 6) is 0. The Morgan fingerprint density at radius 3 is 1.83 bits per heavy atom. The Morgan fingerprint density at radius 2 is 1.50 bits per heavy atom. The van der Waals surface area contributed by atoms with Gasteiger partial charge in [-0.3, -0.25) is 0 Å². The Labute approximate surface area is 136 Å². The highest BCUT2D eigenvalue weighted by atomic mass is 32.2. The van der Waals surface area contributed by atoms with Gasteiger partial charge in [0.25, 0.3) is 0 Å². The molecule has 1 aromatic carbocycles. The van der Waals surface area contributed by atoms with Crippen LogP contribution in [0.2, 0.25) is 0 Å². The van der Waals surface area contributed by atoms with Crippen LogP contribution < -0.4 is 0 Å². The minimum Gasteiger partial charge on any atom is -0.743 e. The van der Waals surface area contributed by atoms with Gasteiger partial charge in [-0.05, 0) is 16.5 Å². The van der Waals surface area contributed by atoms with Crippen LogP contribution in [0.4, 0.5) is 22.0 Å². The number of halogens is 5. The SMILES string of the molecule is CC(C)(C)c1ccc(COC(C(F)(F)F)C(F)(F)S(=O)(=O)[O-])cc1. The summed E-state index contributed by atoms with van der Waals surface area (Å²) in [7, 11) is -6.54. The van der Waals surface area contributed by atoms with Gasteiger partial charge in [-0.1, -0.05) is 45.0 Å². The van der Waals surface area contributed by atoms with Gasteiger partial charge in [-0.25, -0.2) is 8.42 Å². The Morgan fingerprint density at radius 1 is 1.04 bits per heavy atom. The molecule has 0 aromatic heterocycles. The Hall–Kier alpha value is -1.26. The van der Waals surface area contributed by atoms with Crippen LogP contribution >= 0.6 is 0 Å². The first-order chi connectivity index (χ1) is 10.6. The molecule has 1 atom stereocenters. The van der Waals surface area contributed by atoms with E-state index in [1.165, 1.54) is 12.1 Å². The lowest BCUT2D eigenvalue weighted by Crippen LogP contribution is -2.51. The predicted molar refractivity (Wildman–Crippen MR) is 74.4 cm³/mol. The minimum atomic E-state index is -6.54. The van der Waals surface area contributed by atoms with Crippen LogP contribution in [0.15, 0.2) is 24.3 Å². The highest BCUT2D eigenvalue weighted by molar-refractivity contribution is 7.86. The summed E-state index contributed by atoms with van der Waals surface area (Å²) in [6.07, 6.45) is -9.78.